The minimum atomic E-state index is -1.07. The van der Waals surface area contributed by atoms with Crippen LogP contribution < -0.4 is 0 Å². The van der Waals surface area contributed by atoms with Crippen molar-refractivity contribution in [3.8, 4) is 0 Å². The van der Waals surface area contributed by atoms with Crippen molar-refractivity contribution < 1.29 is 38.1 Å². The first-order chi connectivity index (χ1) is 11.7. The minimum absolute atomic E-state index is 0.127. The van der Waals surface area contributed by atoms with E-state index in [1.165, 1.54) is 4.90 Å². The highest BCUT2D eigenvalue weighted by molar-refractivity contribution is 8.08. The van der Waals surface area contributed by atoms with Gasteiger partial charge in [0, 0.05) is 0 Å². The van der Waals surface area contributed by atoms with Gasteiger partial charge in [-0.25, -0.2) is 19.2 Å². The summed E-state index contributed by atoms with van der Waals surface area (Å²) in [7, 11) is 7.67. The van der Waals surface area contributed by atoms with Crippen LogP contribution in [0, 0.1) is 0 Å². The summed E-state index contributed by atoms with van der Waals surface area (Å²) in [6, 6.07) is -1.07. The number of hydrogen-bond donors (Lipinski definition) is 0. The number of carbonyl (C=O) groups is 4. The third-order valence-corrected chi connectivity index (χ3v) is 4.49. The van der Waals surface area contributed by atoms with Gasteiger partial charge in [-0.2, -0.15) is 0 Å². The molecule has 0 bridgehead atoms. The maximum Gasteiger partial charge on any atom is 0.345 e. The van der Waals surface area contributed by atoms with Crippen molar-refractivity contribution in [2.24, 2.45) is 0 Å². The van der Waals surface area contributed by atoms with Crippen LogP contribution in [-0.4, -0.2) is 77.4 Å². The molecule has 1 aliphatic rings. The van der Waals surface area contributed by atoms with Gasteiger partial charge in [0.15, 0.2) is 0 Å². The van der Waals surface area contributed by atoms with Crippen LogP contribution in [0.3, 0.4) is 0 Å². The first kappa shape index (κ1) is 20.7. The summed E-state index contributed by atoms with van der Waals surface area (Å²) in [5.74, 6) is -3.36. The molecule has 0 amide bonds. The second-order valence-corrected chi connectivity index (χ2v) is 5.94. The lowest BCUT2D eigenvalue weighted by atomic mass is 9.95. The van der Waals surface area contributed by atoms with Gasteiger partial charge in [0.25, 0.3) is 0 Å². The molecular formula is C15H19NO8S. The molecule has 1 aliphatic heterocycles. The smallest absolute Gasteiger partial charge is 0.345 e. The van der Waals surface area contributed by atoms with E-state index in [2.05, 4.69) is 0 Å². The third kappa shape index (κ3) is 4.02. The maximum atomic E-state index is 12.3. The van der Waals surface area contributed by atoms with Gasteiger partial charge < -0.3 is 18.9 Å². The van der Waals surface area contributed by atoms with Crippen LogP contribution in [0.4, 0.5) is 0 Å². The SMILES string of the molecule is COC(=O)C1=C(C(=O)OC)C(N(C)C)C(C(=O)OC)=C(C(=O)OC)S1. The lowest BCUT2D eigenvalue weighted by Gasteiger charge is -2.32. The molecule has 0 unspecified atom stereocenters. The monoisotopic (exact) mass is 373 g/mol. The Morgan fingerprint density at radius 2 is 1.04 bits per heavy atom. The van der Waals surface area contributed by atoms with Gasteiger partial charge in [0.2, 0.25) is 0 Å². The molecule has 0 radical (unpaired) electrons. The highest BCUT2D eigenvalue weighted by Crippen LogP contribution is 2.42. The molecule has 0 aromatic carbocycles. The molecule has 1 rings (SSSR count). The fourth-order valence-electron chi connectivity index (χ4n) is 2.24. The second-order valence-electron chi connectivity index (χ2n) is 4.92. The van der Waals surface area contributed by atoms with E-state index in [4.69, 9.17) is 18.9 Å². The van der Waals surface area contributed by atoms with Gasteiger partial charge in [0.05, 0.1) is 45.6 Å². The Hall–Kier alpha value is -2.33. The van der Waals surface area contributed by atoms with Crippen molar-refractivity contribution in [1.82, 2.24) is 4.90 Å². The number of carbonyl (C=O) groups excluding carboxylic acids is 4. The van der Waals surface area contributed by atoms with E-state index < -0.39 is 29.9 Å². The predicted octanol–water partition coefficient (Wildman–Crippen LogP) is -0.136. The molecular weight excluding hydrogens is 354 g/mol. The highest BCUT2D eigenvalue weighted by atomic mass is 32.2. The largest absolute Gasteiger partial charge is 0.466 e. The molecule has 0 atom stereocenters. The summed E-state index contributed by atoms with van der Waals surface area (Å²) in [5.41, 5.74) is -0.255. The Morgan fingerprint density at radius 1 is 0.720 bits per heavy atom. The number of hydrogen-bond acceptors (Lipinski definition) is 10. The van der Waals surface area contributed by atoms with E-state index in [1.807, 2.05) is 0 Å². The van der Waals surface area contributed by atoms with E-state index >= 15 is 0 Å². The summed E-state index contributed by atoms with van der Waals surface area (Å²) in [6.07, 6.45) is 0. The van der Waals surface area contributed by atoms with Gasteiger partial charge >= 0.3 is 23.9 Å². The summed E-state index contributed by atoms with van der Waals surface area (Å²) in [5, 5.41) is 0. The minimum Gasteiger partial charge on any atom is -0.466 e. The Kier molecular flexibility index (Phi) is 7.19. The van der Waals surface area contributed by atoms with E-state index in [0.29, 0.717) is 11.8 Å². The van der Waals surface area contributed by atoms with Crippen molar-refractivity contribution >= 4 is 35.6 Å². The van der Waals surface area contributed by atoms with E-state index in [1.54, 1.807) is 14.1 Å². The van der Waals surface area contributed by atoms with Crippen molar-refractivity contribution in [2.45, 2.75) is 6.04 Å². The summed E-state index contributed by atoms with van der Waals surface area (Å²) in [6.45, 7) is 0. The number of esters is 4. The predicted molar refractivity (Wildman–Crippen MR) is 87.2 cm³/mol. The van der Waals surface area contributed by atoms with E-state index in [9.17, 15) is 19.2 Å². The molecule has 0 aromatic rings. The van der Waals surface area contributed by atoms with Gasteiger partial charge in [-0.15, -0.1) is 0 Å². The molecule has 1 heterocycles. The quantitative estimate of drug-likeness (QED) is 0.477. The van der Waals surface area contributed by atoms with Gasteiger partial charge in [0.1, 0.15) is 9.81 Å². The molecule has 0 aromatic heterocycles. The topological polar surface area (TPSA) is 108 Å². The first-order valence-electron chi connectivity index (χ1n) is 6.90. The zero-order chi connectivity index (χ0) is 19.3. The van der Waals surface area contributed by atoms with Crippen LogP contribution in [0.2, 0.25) is 0 Å². The highest BCUT2D eigenvalue weighted by Gasteiger charge is 2.44. The molecule has 0 fully saturated rings. The summed E-state index contributed by atoms with van der Waals surface area (Å²) >= 11 is 0.603. The van der Waals surface area contributed by atoms with Crippen LogP contribution in [0.25, 0.3) is 0 Å². The Bertz CT molecular complexity index is 612. The molecule has 10 heteroatoms. The first-order valence-corrected chi connectivity index (χ1v) is 7.72. The standard InChI is InChI=1S/C15H19NO8S/c1-16(2)9-7(12(17)21-3)10(14(19)23-5)25-11(15(20)24-6)8(9)13(18)22-4/h9H,1-6H3. The van der Waals surface area contributed by atoms with Crippen molar-refractivity contribution in [3.05, 3.63) is 21.0 Å². The second kappa shape index (κ2) is 8.67. The Labute approximate surface area is 148 Å². The van der Waals surface area contributed by atoms with Crippen LogP contribution in [0.15, 0.2) is 21.0 Å². The fraction of sp³-hybridized carbons (Fsp3) is 0.467. The van der Waals surface area contributed by atoms with Crippen molar-refractivity contribution in [1.29, 1.82) is 0 Å². The fourth-order valence-corrected chi connectivity index (χ4v) is 3.39. The normalized spacial score (nSPS) is 15.2. The van der Waals surface area contributed by atoms with Gasteiger partial charge in [-0.1, -0.05) is 11.8 Å². The van der Waals surface area contributed by atoms with Crippen LogP contribution >= 0.6 is 11.8 Å². The lowest BCUT2D eigenvalue weighted by Crippen LogP contribution is -2.42. The van der Waals surface area contributed by atoms with Crippen LogP contribution in [0.1, 0.15) is 0 Å². The molecule has 0 spiro atoms. The maximum absolute atomic E-state index is 12.3. The van der Waals surface area contributed by atoms with Gasteiger partial charge in [-0.3, -0.25) is 4.90 Å². The number of nitrogens with zero attached hydrogens (tertiary/aromatic N) is 1. The van der Waals surface area contributed by atoms with Crippen LogP contribution in [-0.2, 0) is 38.1 Å². The number of rotatable bonds is 5. The van der Waals surface area contributed by atoms with E-state index in [-0.39, 0.29) is 21.0 Å². The number of methoxy groups -OCH3 is 4. The van der Waals surface area contributed by atoms with Crippen molar-refractivity contribution in [3.63, 3.8) is 0 Å². The molecule has 138 valence electrons. The third-order valence-electron chi connectivity index (χ3n) is 3.31. The van der Waals surface area contributed by atoms with E-state index in [0.717, 1.165) is 28.4 Å². The Morgan fingerprint density at radius 3 is 1.28 bits per heavy atom. The zero-order valence-electron chi connectivity index (χ0n) is 14.7. The zero-order valence-corrected chi connectivity index (χ0v) is 15.5. The number of thioether (sulfide) groups is 1. The molecule has 0 aliphatic carbocycles. The number of likely N-dealkylation sites (N-methyl/N-ethyl adjacent to an activating group) is 1. The summed E-state index contributed by atoms with van der Waals surface area (Å²) < 4.78 is 18.9. The molecule has 0 saturated carbocycles. The molecule has 0 saturated heterocycles. The Balaban J connectivity index is 3.79. The molecule has 9 nitrogen and oxygen atoms in total. The number of ether oxygens (including phenoxy) is 4. The van der Waals surface area contributed by atoms with Gasteiger partial charge in [-0.05, 0) is 14.1 Å². The average Bonchev–Trinajstić information content (AvgIpc) is 2.63. The molecule has 0 N–H and O–H groups in total. The van der Waals surface area contributed by atoms with Crippen LogP contribution in [0.5, 0.6) is 0 Å². The summed E-state index contributed by atoms with van der Waals surface area (Å²) in [4.78, 5) is 50.0. The lowest BCUT2D eigenvalue weighted by molar-refractivity contribution is -0.141. The van der Waals surface area contributed by atoms with Crippen molar-refractivity contribution in [2.75, 3.05) is 42.5 Å². The molecule has 25 heavy (non-hydrogen) atoms. The average molecular weight is 373 g/mol.